The Hall–Kier alpha value is -1.31. The van der Waals surface area contributed by atoms with Crippen molar-refractivity contribution in [1.82, 2.24) is 9.97 Å². The maximum atomic E-state index is 13.1. The molecule has 2 aromatic rings. The van der Waals surface area contributed by atoms with Gasteiger partial charge in [0.15, 0.2) is 0 Å². The molecule has 2 N–H and O–H groups in total. The van der Waals surface area contributed by atoms with Crippen LogP contribution >= 0.6 is 22.6 Å². The zero-order chi connectivity index (χ0) is 14.0. The largest absolute Gasteiger partial charge is 0.383 e. The van der Waals surface area contributed by atoms with Crippen molar-refractivity contribution < 1.29 is 8.78 Å². The fourth-order valence-electron chi connectivity index (χ4n) is 1.77. The van der Waals surface area contributed by atoms with Gasteiger partial charge in [-0.15, -0.1) is 0 Å². The summed E-state index contributed by atoms with van der Waals surface area (Å²) in [5, 5.41) is 0. The fraction of sp³-hybridized carbons (Fsp3) is 0.231. The molecule has 3 nitrogen and oxygen atoms in total. The van der Waals surface area contributed by atoms with E-state index in [4.69, 9.17) is 5.73 Å². The first-order valence-electron chi connectivity index (χ1n) is 5.75. The Balaban J connectivity index is 2.35. The van der Waals surface area contributed by atoms with Crippen LogP contribution in [-0.2, 0) is 12.8 Å². The van der Waals surface area contributed by atoms with Gasteiger partial charge in [-0.3, -0.25) is 0 Å². The average molecular weight is 375 g/mol. The van der Waals surface area contributed by atoms with Gasteiger partial charge >= 0.3 is 0 Å². The van der Waals surface area contributed by atoms with Crippen molar-refractivity contribution in [2.45, 2.75) is 19.8 Å². The molecule has 1 heterocycles. The number of aromatic nitrogens is 2. The number of nitrogens with two attached hydrogens (primary N) is 1. The minimum Gasteiger partial charge on any atom is -0.383 e. The topological polar surface area (TPSA) is 51.8 Å². The van der Waals surface area contributed by atoms with Crippen LogP contribution in [0.5, 0.6) is 0 Å². The number of anilines is 1. The third kappa shape index (κ3) is 3.37. The Morgan fingerprint density at radius 1 is 1.16 bits per heavy atom. The maximum absolute atomic E-state index is 13.1. The third-order valence-corrected chi connectivity index (χ3v) is 3.79. The van der Waals surface area contributed by atoms with Gasteiger partial charge in [0.1, 0.15) is 23.3 Å². The molecule has 100 valence electrons. The van der Waals surface area contributed by atoms with Crippen LogP contribution in [0.25, 0.3) is 0 Å². The van der Waals surface area contributed by atoms with Crippen molar-refractivity contribution in [3.8, 4) is 0 Å². The average Bonchev–Trinajstić information content (AvgIpc) is 2.32. The van der Waals surface area contributed by atoms with Crippen LogP contribution in [0.1, 0.15) is 24.0 Å². The summed E-state index contributed by atoms with van der Waals surface area (Å²) in [5.41, 5.74) is 7.14. The molecule has 0 radical (unpaired) electrons. The highest BCUT2D eigenvalue weighted by atomic mass is 127. The van der Waals surface area contributed by atoms with Crippen molar-refractivity contribution in [3.63, 3.8) is 0 Å². The van der Waals surface area contributed by atoms with Gasteiger partial charge in [-0.2, -0.15) is 0 Å². The van der Waals surface area contributed by atoms with Gasteiger partial charge in [-0.05, 0) is 46.7 Å². The molecule has 0 saturated heterocycles. The molecule has 0 spiro atoms. The summed E-state index contributed by atoms with van der Waals surface area (Å²) < 4.78 is 27.1. The van der Waals surface area contributed by atoms with Crippen LogP contribution in [0.2, 0.25) is 0 Å². The Morgan fingerprint density at radius 3 is 2.37 bits per heavy atom. The lowest BCUT2D eigenvalue weighted by molar-refractivity contribution is 0.580. The Bertz CT molecular complexity index is 597. The number of hydrogen-bond acceptors (Lipinski definition) is 3. The summed E-state index contributed by atoms with van der Waals surface area (Å²) in [6.45, 7) is 1.97. The molecular formula is C13H12F2IN3. The highest BCUT2D eigenvalue weighted by Gasteiger charge is 2.10. The number of hydrogen-bond donors (Lipinski definition) is 1. The van der Waals surface area contributed by atoms with Gasteiger partial charge in [0, 0.05) is 12.5 Å². The summed E-state index contributed by atoms with van der Waals surface area (Å²) in [6, 6.07) is 3.38. The van der Waals surface area contributed by atoms with Crippen LogP contribution in [0.4, 0.5) is 14.6 Å². The molecule has 0 aliphatic rings. The van der Waals surface area contributed by atoms with E-state index in [1.165, 1.54) is 12.1 Å². The minimum atomic E-state index is -0.607. The standard InChI is InChI=1S/C13H12F2IN3/c1-2-10-12(16)13(17)19-11(18-10)5-7-3-8(14)6-9(15)4-7/h3-4,6H,2,5H2,1H3,(H2,17,18,19). The first-order chi connectivity index (χ1) is 8.99. The van der Waals surface area contributed by atoms with E-state index in [1.54, 1.807) is 0 Å². The minimum absolute atomic E-state index is 0.253. The highest BCUT2D eigenvalue weighted by Crippen LogP contribution is 2.18. The first kappa shape index (κ1) is 14.1. The Kier molecular flexibility index (Phi) is 4.28. The van der Waals surface area contributed by atoms with Crippen LogP contribution in [0.3, 0.4) is 0 Å². The van der Waals surface area contributed by atoms with Crippen molar-refractivity contribution in [2.75, 3.05) is 5.73 Å². The van der Waals surface area contributed by atoms with Crippen LogP contribution < -0.4 is 5.73 Å². The first-order valence-corrected chi connectivity index (χ1v) is 6.83. The lowest BCUT2D eigenvalue weighted by Crippen LogP contribution is -2.07. The number of halogens is 3. The number of nitrogens with zero attached hydrogens (tertiary/aromatic N) is 2. The number of benzene rings is 1. The molecule has 6 heteroatoms. The lowest BCUT2D eigenvalue weighted by atomic mass is 10.1. The molecule has 0 unspecified atom stereocenters. The van der Waals surface area contributed by atoms with Crippen molar-refractivity contribution >= 4 is 28.4 Å². The summed E-state index contributed by atoms with van der Waals surface area (Å²) in [4.78, 5) is 8.51. The van der Waals surface area contributed by atoms with Gasteiger partial charge in [-0.1, -0.05) is 6.92 Å². The van der Waals surface area contributed by atoms with Gasteiger partial charge in [-0.25, -0.2) is 18.7 Å². The maximum Gasteiger partial charge on any atom is 0.140 e. The summed E-state index contributed by atoms with van der Waals surface area (Å²) >= 11 is 2.09. The summed E-state index contributed by atoms with van der Waals surface area (Å²) in [5.74, 6) is -0.340. The van der Waals surface area contributed by atoms with Crippen molar-refractivity contribution in [2.24, 2.45) is 0 Å². The molecule has 1 aromatic heterocycles. The molecule has 0 atom stereocenters. The third-order valence-electron chi connectivity index (χ3n) is 2.61. The van der Waals surface area contributed by atoms with E-state index in [0.717, 1.165) is 21.8 Å². The van der Waals surface area contributed by atoms with Gasteiger partial charge in [0.2, 0.25) is 0 Å². The normalized spacial score (nSPS) is 10.7. The number of rotatable bonds is 3. The molecule has 0 aliphatic heterocycles. The zero-order valence-electron chi connectivity index (χ0n) is 10.3. The molecule has 0 bridgehead atoms. The summed E-state index contributed by atoms with van der Waals surface area (Å²) in [7, 11) is 0. The van der Waals surface area contributed by atoms with E-state index in [1.807, 2.05) is 6.92 Å². The van der Waals surface area contributed by atoms with Crippen LogP contribution in [-0.4, -0.2) is 9.97 Å². The van der Waals surface area contributed by atoms with Gasteiger partial charge in [0.05, 0.1) is 9.26 Å². The van der Waals surface area contributed by atoms with E-state index in [-0.39, 0.29) is 6.42 Å². The molecular weight excluding hydrogens is 363 g/mol. The van der Waals surface area contributed by atoms with E-state index >= 15 is 0 Å². The van der Waals surface area contributed by atoms with Crippen molar-refractivity contribution in [1.29, 1.82) is 0 Å². The van der Waals surface area contributed by atoms with Gasteiger partial charge < -0.3 is 5.73 Å². The quantitative estimate of drug-likeness (QED) is 0.839. The monoisotopic (exact) mass is 375 g/mol. The van der Waals surface area contributed by atoms with Crippen LogP contribution in [0, 0.1) is 15.2 Å². The molecule has 0 saturated carbocycles. The highest BCUT2D eigenvalue weighted by molar-refractivity contribution is 14.1. The van der Waals surface area contributed by atoms with Gasteiger partial charge in [0.25, 0.3) is 0 Å². The molecule has 19 heavy (non-hydrogen) atoms. The molecule has 2 rings (SSSR count). The second kappa shape index (κ2) is 5.77. The smallest absolute Gasteiger partial charge is 0.140 e. The van der Waals surface area contributed by atoms with E-state index < -0.39 is 11.6 Å². The van der Waals surface area contributed by atoms with E-state index in [0.29, 0.717) is 17.2 Å². The molecule has 0 fully saturated rings. The molecule has 0 aliphatic carbocycles. The summed E-state index contributed by atoms with van der Waals surface area (Å²) in [6.07, 6.45) is 0.984. The van der Waals surface area contributed by atoms with E-state index in [9.17, 15) is 8.78 Å². The number of aryl methyl sites for hydroxylation is 1. The predicted molar refractivity (Wildman–Crippen MR) is 77.7 cm³/mol. The lowest BCUT2D eigenvalue weighted by Gasteiger charge is -2.08. The van der Waals surface area contributed by atoms with Crippen molar-refractivity contribution in [3.05, 3.63) is 50.5 Å². The second-order valence-corrected chi connectivity index (χ2v) is 5.17. The predicted octanol–water partition coefficient (Wildman–Crippen LogP) is 3.09. The fourth-order valence-corrected chi connectivity index (χ4v) is 2.40. The SMILES string of the molecule is CCc1nc(Cc2cc(F)cc(F)c2)nc(N)c1I. The number of nitrogen functional groups attached to an aromatic ring is 1. The Labute approximate surface area is 123 Å². The second-order valence-electron chi connectivity index (χ2n) is 4.09. The molecule has 1 aromatic carbocycles. The zero-order valence-corrected chi connectivity index (χ0v) is 12.4. The Morgan fingerprint density at radius 2 is 1.79 bits per heavy atom. The van der Waals surface area contributed by atoms with Crippen LogP contribution in [0.15, 0.2) is 18.2 Å². The van der Waals surface area contributed by atoms with E-state index in [2.05, 4.69) is 32.6 Å². The molecule has 0 amide bonds.